The van der Waals surface area contributed by atoms with Crippen molar-refractivity contribution in [2.24, 2.45) is 5.92 Å². The smallest absolute Gasteiger partial charge is 0.306 e. The van der Waals surface area contributed by atoms with E-state index in [-0.39, 0.29) is 5.92 Å². The number of hydrogen-bond acceptors (Lipinski definition) is 4. The first kappa shape index (κ1) is 16.4. The first-order chi connectivity index (χ1) is 9.17. The minimum atomic E-state index is -0.643. The summed E-state index contributed by atoms with van der Waals surface area (Å²) in [7, 11) is 0. The van der Waals surface area contributed by atoms with Crippen LogP contribution >= 0.6 is 0 Å². The van der Waals surface area contributed by atoms with Crippen LogP contribution in [0.3, 0.4) is 0 Å². The molecule has 0 aromatic carbocycles. The van der Waals surface area contributed by atoms with Crippen molar-refractivity contribution in [1.82, 2.24) is 0 Å². The third-order valence-corrected chi connectivity index (χ3v) is 3.16. The Bertz CT molecular complexity index is 236. The van der Waals surface area contributed by atoms with E-state index in [4.69, 9.17) is 19.3 Å². The molecular formula is C14H26O5. The highest BCUT2D eigenvalue weighted by molar-refractivity contribution is 5.69. The molecule has 0 aliphatic carbocycles. The molecule has 0 aromatic heterocycles. The van der Waals surface area contributed by atoms with Crippen LogP contribution in [0.15, 0.2) is 0 Å². The summed E-state index contributed by atoms with van der Waals surface area (Å²) in [5, 5.41) is 8.60. The first-order valence-electron chi connectivity index (χ1n) is 7.21. The van der Waals surface area contributed by atoms with Crippen LogP contribution in [0.25, 0.3) is 0 Å². The Hall–Kier alpha value is -0.650. The second kappa shape index (κ2) is 9.28. The molecule has 3 unspecified atom stereocenters. The van der Waals surface area contributed by atoms with Gasteiger partial charge in [-0.1, -0.05) is 26.7 Å². The van der Waals surface area contributed by atoms with E-state index in [2.05, 4.69) is 6.92 Å². The highest BCUT2D eigenvalue weighted by Crippen LogP contribution is 2.12. The van der Waals surface area contributed by atoms with Crippen LogP contribution in [0, 0.1) is 5.92 Å². The van der Waals surface area contributed by atoms with Crippen LogP contribution in [0.5, 0.6) is 0 Å². The molecule has 0 aromatic rings. The lowest BCUT2D eigenvalue weighted by Crippen LogP contribution is -2.11. The molecule has 19 heavy (non-hydrogen) atoms. The van der Waals surface area contributed by atoms with Gasteiger partial charge in [0.15, 0.2) is 0 Å². The molecule has 2 heterocycles. The van der Waals surface area contributed by atoms with Crippen molar-refractivity contribution in [1.29, 1.82) is 0 Å². The van der Waals surface area contributed by atoms with Gasteiger partial charge in [0.1, 0.15) is 12.2 Å². The van der Waals surface area contributed by atoms with E-state index in [9.17, 15) is 4.79 Å². The fraction of sp³-hybridized carbons (Fsp3) is 0.929. The van der Waals surface area contributed by atoms with Gasteiger partial charge in [0.05, 0.1) is 32.3 Å². The first-order valence-corrected chi connectivity index (χ1v) is 7.21. The van der Waals surface area contributed by atoms with Crippen LogP contribution in [0.2, 0.25) is 0 Å². The van der Waals surface area contributed by atoms with Crippen LogP contribution in [0.4, 0.5) is 0 Å². The minimum Gasteiger partial charge on any atom is -0.481 e. The summed E-state index contributed by atoms with van der Waals surface area (Å²) in [4.78, 5) is 10.4. The van der Waals surface area contributed by atoms with Gasteiger partial charge >= 0.3 is 5.97 Å². The van der Waals surface area contributed by atoms with Gasteiger partial charge in [0.2, 0.25) is 0 Å². The number of aliphatic carboxylic acids is 1. The van der Waals surface area contributed by atoms with Gasteiger partial charge in [-0.25, -0.2) is 0 Å². The molecule has 5 heteroatoms. The Balaban J connectivity index is 0.000000190. The van der Waals surface area contributed by atoms with Crippen molar-refractivity contribution >= 4 is 5.97 Å². The molecule has 2 saturated heterocycles. The zero-order valence-electron chi connectivity index (χ0n) is 12.0. The minimum absolute atomic E-state index is 0.111. The van der Waals surface area contributed by atoms with Crippen LogP contribution in [0.1, 0.15) is 39.5 Å². The average molecular weight is 274 g/mol. The fourth-order valence-corrected chi connectivity index (χ4v) is 1.61. The van der Waals surface area contributed by atoms with Gasteiger partial charge in [-0.2, -0.15) is 0 Å². The Labute approximate surface area is 115 Å². The van der Waals surface area contributed by atoms with Crippen LogP contribution < -0.4 is 0 Å². The summed E-state index contributed by atoms with van der Waals surface area (Å²) in [5.74, 6) is -0.754. The van der Waals surface area contributed by atoms with E-state index < -0.39 is 5.97 Å². The lowest BCUT2D eigenvalue weighted by Gasteiger charge is -2.06. The molecule has 112 valence electrons. The second-order valence-electron chi connectivity index (χ2n) is 5.03. The van der Waals surface area contributed by atoms with Crippen molar-refractivity contribution in [3.05, 3.63) is 0 Å². The summed E-state index contributed by atoms with van der Waals surface area (Å²) in [6.07, 6.45) is 4.50. The quantitative estimate of drug-likeness (QED) is 0.652. The summed E-state index contributed by atoms with van der Waals surface area (Å²) in [6.45, 7) is 7.26. The Morgan fingerprint density at radius 2 is 1.79 bits per heavy atom. The molecule has 0 spiro atoms. The summed E-state index contributed by atoms with van der Waals surface area (Å²) in [5.41, 5.74) is 0. The SMILES string of the molecule is C(OCC1CO1)C1CO1.CCCCC(CC)C(=O)O. The van der Waals surface area contributed by atoms with E-state index >= 15 is 0 Å². The fourth-order valence-electron chi connectivity index (χ4n) is 1.61. The number of carboxylic acid groups (broad SMARTS) is 1. The van der Waals surface area contributed by atoms with Crippen molar-refractivity contribution in [2.75, 3.05) is 26.4 Å². The highest BCUT2D eigenvalue weighted by Gasteiger charge is 2.26. The third-order valence-electron chi connectivity index (χ3n) is 3.16. The summed E-state index contributed by atoms with van der Waals surface area (Å²) >= 11 is 0. The van der Waals surface area contributed by atoms with Gasteiger partial charge in [0.25, 0.3) is 0 Å². The van der Waals surface area contributed by atoms with E-state index in [1.54, 1.807) is 0 Å². The molecule has 1 N–H and O–H groups in total. The molecule has 2 fully saturated rings. The van der Waals surface area contributed by atoms with Crippen molar-refractivity contribution < 1.29 is 24.1 Å². The molecule has 5 nitrogen and oxygen atoms in total. The topological polar surface area (TPSA) is 71.6 Å². The van der Waals surface area contributed by atoms with Crippen LogP contribution in [-0.2, 0) is 19.0 Å². The molecule has 2 rings (SSSR count). The molecule has 0 amide bonds. The second-order valence-corrected chi connectivity index (χ2v) is 5.03. The highest BCUT2D eigenvalue weighted by atomic mass is 16.6. The monoisotopic (exact) mass is 274 g/mol. The Kier molecular flexibility index (Phi) is 8.02. The predicted molar refractivity (Wildman–Crippen MR) is 71.2 cm³/mol. The summed E-state index contributed by atoms with van der Waals surface area (Å²) < 4.78 is 15.1. The molecule has 0 saturated carbocycles. The average Bonchev–Trinajstić information content (AvgIpc) is 3.25. The number of carboxylic acids is 1. The maximum atomic E-state index is 10.4. The largest absolute Gasteiger partial charge is 0.481 e. The maximum absolute atomic E-state index is 10.4. The molecular weight excluding hydrogens is 248 g/mol. The number of hydrogen-bond donors (Lipinski definition) is 1. The number of unbranched alkanes of at least 4 members (excludes halogenated alkanes) is 1. The number of carbonyl (C=O) groups is 1. The van der Waals surface area contributed by atoms with Gasteiger partial charge in [-0.15, -0.1) is 0 Å². The lowest BCUT2D eigenvalue weighted by molar-refractivity contribution is -0.142. The van der Waals surface area contributed by atoms with E-state index in [0.717, 1.165) is 52.1 Å². The number of rotatable bonds is 9. The van der Waals surface area contributed by atoms with E-state index in [1.807, 2.05) is 6.92 Å². The van der Waals surface area contributed by atoms with Crippen molar-refractivity contribution in [2.45, 2.75) is 51.7 Å². The molecule has 0 radical (unpaired) electrons. The van der Waals surface area contributed by atoms with Crippen molar-refractivity contribution in [3.63, 3.8) is 0 Å². The predicted octanol–water partition coefficient (Wildman–Crippen LogP) is 2.09. The zero-order chi connectivity index (χ0) is 14.1. The van der Waals surface area contributed by atoms with E-state index in [0.29, 0.717) is 12.2 Å². The Morgan fingerprint density at radius 1 is 1.26 bits per heavy atom. The number of ether oxygens (including phenoxy) is 3. The Morgan fingerprint density at radius 3 is 2.11 bits per heavy atom. The van der Waals surface area contributed by atoms with E-state index in [1.165, 1.54) is 0 Å². The normalized spacial score (nSPS) is 25.2. The van der Waals surface area contributed by atoms with Crippen LogP contribution in [-0.4, -0.2) is 49.7 Å². The third kappa shape index (κ3) is 8.97. The standard InChI is InChI=1S/C8H16O2.C6H10O3/c1-3-5-6-7(4-2)8(9)10;1(5-3-8-5)7-2-6-4-9-6/h7H,3-6H2,1-2H3,(H,9,10);5-6H,1-4H2. The van der Waals surface area contributed by atoms with Crippen molar-refractivity contribution in [3.8, 4) is 0 Å². The molecule has 2 aliphatic rings. The summed E-state index contributed by atoms with van der Waals surface area (Å²) in [6, 6.07) is 0. The zero-order valence-corrected chi connectivity index (χ0v) is 12.0. The van der Waals surface area contributed by atoms with Gasteiger partial charge in [-0.05, 0) is 12.8 Å². The van der Waals surface area contributed by atoms with Gasteiger partial charge < -0.3 is 19.3 Å². The number of epoxide rings is 2. The maximum Gasteiger partial charge on any atom is 0.306 e. The van der Waals surface area contributed by atoms with Gasteiger partial charge in [0, 0.05) is 0 Å². The van der Waals surface area contributed by atoms with Gasteiger partial charge in [-0.3, -0.25) is 4.79 Å². The molecule has 2 aliphatic heterocycles. The molecule has 0 bridgehead atoms. The molecule has 3 atom stereocenters. The lowest BCUT2D eigenvalue weighted by atomic mass is 10.00.